The average Bonchev–Trinajstić information content (AvgIpc) is 2.81. The molecule has 2 aromatic rings. The summed E-state index contributed by atoms with van der Waals surface area (Å²) in [4.78, 5) is 10.5. The van der Waals surface area contributed by atoms with Gasteiger partial charge in [0.05, 0.1) is 9.79 Å². The quantitative estimate of drug-likeness (QED) is 0.673. The topological polar surface area (TPSA) is 113 Å². The van der Waals surface area contributed by atoms with E-state index in [4.69, 9.17) is 0 Å². The third-order valence-electron chi connectivity index (χ3n) is 6.26. The van der Waals surface area contributed by atoms with Crippen molar-refractivity contribution >= 4 is 26.0 Å². The summed E-state index contributed by atoms with van der Waals surface area (Å²) in [6, 6.07) is 7.15. The molecular formula is C21H29N5O4S2. The summed E-state index contributed by atoms with van der Waals surface area (Å²) >= 11 is 0. The van der Waals surface area contributed by atoms with Crippen LogP contribution in [0.5, 0.6) is 0 Å². The predicted molar refractivity (Wildman–Crippen MR) is 121 cm³/mol. The van der Waals surface area contributed by atoms with Crippen LogP contribution in [0.15, 0.2) is 52.5 Å². The molecule has 0 unspecified atom stereocenters. The SMILES string of the molecule is C[C@@H]1CCCC[C@H]1NS(=O)(=O)c1ccc(S(=O)(=O)N2CCN(c3ncccn3)CC2)cc1. The molecule has 1 saturated heterocycles. The van der Waals surface area contributed by atoms with Crippen molar-refractivity contribution in [1.82, 2.24) is 19.0 Å². The van der Waals surface area contributed by atoms with Crippen molar-refractivity contribution in [2.24, 2.45) is 5.92 Å². The van der Waals surface area contributed by atoms with Crippen LogP contribution in [0, 0.1) is 5.92 Å². The molecule has 0 radical (unpaired) electrons. The van der Waals surface area contributed by atoms with Crippen molar-refractivity contribution in [2.75, 3.05) is 31.1 Å². The minimum Gasteiger partial charge on any atom is -0.338 e. The Hall–Kier alpha value is -2.08. The highest BCUT2D eigenvalue weighted by Gasteiger charge is 2.30. The van der Waals surface area contributed by atoms with E-state index in [1.165, 1.54) is 28.6 Å². The standard InChI is InChI=1S/C21H29N5O4S2/c1-17-5-2-3-6-20(17)24-31(27,28)18-7-9-19(10-8-18)32(29,30)26-15-13-25(14-16-26)21-22-11-4-12-23-21/h4,7-12,17,20,24H,2-3,5-6,13-16H2,1H3/t17-,20-/m1/s1. The predicted octanol–water partition coefficient (Wildman–Crippen LogP) is 1.84. The molecule has 11 heteroatoms. The summed E-state index contributed by atoms with van der Waals surface area (Å²) in [6.45, 7) is 3.65. The molecule has 1 aliphatic heterocycles. The zero-order valence-electron chi connectivity index (χ0n) is 18.1. The van der Waals surface area contributed by atoms with Crippen LogP contribution in [-0.2, 0) is 20.0 Å². The lowest BCUT2D eigenvalue weighted by Crippen LogP contribution is -2.49. The molecule has 1 aliphatic carbocycles. The molecule has 0 bridgehead atoms. The molecule has 1 aromatic heterocycles. The maximum atomic E-state index is 13.1. The first-order chi connectivity index (χ1) is 15.3. The van der Waals surface area contributed by atoms with Gasteiger partial charge in [0.15, 0.2) is 0 Å². The number of aromatic nitrogens is 2. The van der Waals surface area contributed by atoms with Gasteiger partial charge in [0.1, 0.15) is 0 Å². The summed E-state index contributed by atoms with van der Waals surface area (Å²) in [6.07, 6.45) is 7.29. The van der Waals surface area contributed by atoms with Gasteiger partial charge in [-0.25, -0.2) is 31.5 Å². The van der Waals surface area contributed by atoms with Gasteiger partial charge in [0, 0.05) is 44.6 Å². The van der Waals surface area contributed by atoms with Crippen LogP contribution in [0.2, 0.25) is 0 Å². The molecule has 9 nitrogen and oxygen atoms in total. The van der Waals surface area contributed by atoms with E-state index >= 15 is 0 Å². The van der Waals surface area contributed by atoms with Gasteiger partial charge in [0.25, 0.3) is 0 Å². The monoisotopic (exact) mass is 479 g/mol. The van der Waals surface area contributed by atoms with Crippen LogP contribution in [0.25, 0.3) is 0 Å². The molecule has 32 heavy (non-hydrogen) atoms. The minimum absolute atomic E-state index is 0.0814. The average molecular weight is 480 g/mol. The summed E-state index contributed by atoms with van der Waals surface area (Å²) < 4.78 is 55.9. The van der Waals surface area contributed by atoms with Gasteiger partial charge in [0.2, 0.25) is 26.0 Å². The first-order valence-electron chi connectivity index (χ1n) is 10.9. The van der Waals surface area contributed by atoms with Gasteiger partial charge >= 0.3 is 0 Å². The van der Waals surface area contributed by atoms with E-state index in [0.717, 1.165) is 25.7 Å². The number of hydrogen-bond donors (Lipinski definition) is 1. The smallest absolute Gasteiger partial charge is 0.243 e. The van der Waals surface area contributed by atoms with Gasteiger partial charge in [-0.3, -0.25) is 0 Å². The Morgan fingerprint density at radius 3 is 2.09 bits per heavy atom. The molecule has 2 fully saturated rings. The Morgan fingerprint density at radius 2 is 1.47 bits per heavy atom. The summed E-state index contributed by atoms with van der Waals surface area (Å²) in [5, 5.41) is 0. The number of nitrogens with one attached hydrogen (secondary N) is 1. The molecule has 4 rings (SSSR count). The molecular weight excluding hydrogens is 450 g/mol. The highest BCUT2D eigenvalue weighted by molar-refractivity contribution is 7.89. The number of rotatable bonds is 6. The fourth-order valence-electron chi connectivity index (χ4n) is 4.28. The lowest BCUT2D eigenvalue weighted by molar-refractivity contribution is 0.310. The second-order valence-electron chi connectivity index (χ2n) is 8.40. The molecule has 0 amide bonds. The van der Waals surface area contributed by atoms with Crippen molar-refractivity contribution < 1.29 is 16.8 Å². The fraction of sp³-hybridized carbons (Fsp3) is 0.524. The second-order valence-corrected chi connectivity index (χ2v) is 12.1. The summed E-state index contributed by atoms with van der Waals surface area (Å²) in [7, 11) is -7.41. The van der Waals surface area contributed by atoms with E-state index in [-0.39, 0.29) is 21.8 Å². The van der Waals surface area contributed by atoms with Crippen LogP contribution in [0.4, 0.5) is 5.95 Å². The van der Waals surface area contributed by atoms with Crippen molar-refractivity contribution in [3.8, 4) is 0 Å². The van der Waals surface area contributed by atoms with Crippen molar-refractivity contribution in [3.63, 3.8) is 0 Å². The Bertz CT molecular complexity index is 1120. The molecule has 174 valence electrons. The molecule has 1 saturated carbocycles. The number of anilines is 1. The first-order valence-corrected chi connectivity index (χ1v) is 13.8. The zero-order valence-corrected chi connectivity index (χ0v) is 19.7. The second kappa shape index (κ2) is 9.42. The Balaban J connectivity index is 1.43. The van der Waals surface area contributed by atoms with Crippen LogP contribution in [0.1, 0.15) is 32.6 Å². The van der Waals surface area contributed by atoms with Gasteiger partial charge < -0.3 is 4.90 Å². The van der Waals surface area contributed by atoms with Crippen molar-refractivity contribution in [2.45, 2.75) is 48.4 Å². The highest BCUT2D eigenvalue weighted by atomic mass is 32.2. The van der Waals surface area contributed by atoms with E-state index in [9.17, 15) is 16.8 Å². The van der Waals surface area contributed by atoms with Gasteiger partial charge in [-0.1, -0.05) is 19.8 Å². The Kier molecular flexibility index (Phi) is 6.80. The van der Waals surface area contributed by atoms with E-state index < -0.39 is 20.0 Å². The van der Waals surface area contributed by atoms with Crippen LogP contribution in [-0.4, -0.2) is 63.3 Å². The zero-order chi connectivity index (χ0) is 22.8. The van der Waals surface area contributed by atoms with Crippen molar-refractivity contribution in [1.29, 1.82) is 0 Å². The van der Waals surface area contributed by atoms with Gasteiger partial charge in [-0.05, 0) is 49.1 Å². The molecule has 2 atom stereocenters. The van der Waals surface area contributed by atoms with E-state index in [2.05, 4.69) is 21.6 Å². The minimum atomic E-state index is -3.72. The lowest BCUT2D eigenvalue weighted by Gasteiger charge is -2.33. The van der Waals surface area contributed by atoms with Gasteiger partial charge in [-0.2, -0.15) is 4.31 Å². The van der Waals surface area contributed by atoms with Crippen molar-refractivity contribution in [3.05, 3.63) is 42.7 Å². The first kappa shape index (κ1) is 23.1. The van der Waals surface area contributed by atoms with Crippen LogP contribution in [0.3, 0.4) is 0 Å². The number of sulfonamides is 2. The van der Waals surface area contributed by atoms with Crippen LogP contribution >= 0.6 is 0 Å². The fourth-order valence-corrected chi connectivity index (χ4v) is 7.08. The summed E-state index contributed by atoms with van der Waals surface area (Å²) in [5.41, 5.74) is 0. The maximum Gasteiger partial charge on any atom is 0.243 e. The number of benzene rings is 1. The summed E-state index contributed by atoms with van der Waals surface area (Å²) in [5.74, 6) is 0.872. The van der Waals surface area contributed by atoms with E-state index in [1.54, 1.807) is 18.5 Å². The molecule has 0 spiro atoms. The largest absolute Gasteiger partial charge is 0.338 e. The number of piperazine rings is 1. The normalized spacial score (nSPS) is 23.2. The van der Waals surface area contributed by atoms with E-state index in [0.29, 0.717) is 32.1 Å². The van der Waals surface area contributed by atoms with Crippen LogP contribution < -0.4 is 9.62 Å². The van der Waals surface area contributed by atoms with E-state index in [1.807, 2.05) is 4.90 Å². The maximum absolute atomic E-state index is 13.1. The number of hydrogen-bond acceptors (Lipinski definition) is 7. The lowest BCUT2D eigenvalue weighted by atomic mass is 9.87. The number of nitrogens with zero attached hydrogens (tertiary/aromatic N) is 4. The molecule has 2 heterocycles. The molecule has 2 aliphatic rings. The van der Waals surface area contributed by atoms with Gasteiger partial charge in [-0.15, -0.1) is 0 Å². The Morgan fingerprint density at radius 1 is 0.875 bits per heavy atom. The molecule has 1 aromatic carbocycles. The Labute approximate surface area is 190 Å². The third kappa shape index (κ3) is 4.95. The highest BCUT2D eigenvalue weighted by Crippen LogP contribution is 2.26. The molecule has 1 N–H and O–H groups in total. The third-order valence-corrected chi connectivity index (χ3v) is 9.68.